The second-order valence-corrected chi connectivity index (χ2v) is 6.71. The Hall–Kier alpha value is -1.52. The zero-order valence-corrected chi connectivity index (χ0v) is 13.0. The van der Waals surface area contributed by atoms with Crippen LogP contribution in [-0.4, -0.2) is 17.6 Å². The van der Waals surface area contributed by atoms with Crippen LogP contribution in [0.2, 0.25) is 5.02 Å². The molecule has 3 rings (SSSR count). The van der Waals surface area contributed by atoms with Crippen LogP contribution in [0.3, 0.4) is 0 Å². The first-order valence-corrected chi connectivity index (χ1v) is 8.18. The summed E-state index contributed by atoms with van der Waals surface area (Å²) in [7, 11) is 0. The topological polar surface area (TPSA) is 40.5 Å². The molecule has 1 atom stereocenters. The molecular weight excluding hydrogens is 306 g/mol. The Morgan fingerprint density at radius 3 is 2.76 bits per heavy atom. The molecule has 1 aliphatic rings. The van der Waals surface area contributed by atoms with E-state index < -0.39 is 5.97 Å². The zero-order valence-electron chi connectivity index (χ0n) is 11.4. The number of benzene rings is 1. The summed E-state index contributed by atoms with van der Waals surface area (Å²) >= 11 is 7.76. The first-order valence-electron chi connectivity index (χ1n) is 6.92. The van der Waals surface area contributed by atoms with E-state index >= 15 is 0 Å². The maximum Gasteiger partial charge on any atom is 0.323 e. The Bertz CT molecular complexity index is 625. The second kappa shape index (κ2) is 6.08. The number of nitrogens with zero attached hydrogens (tertiary/aromatic N) is 1. The Morgan fingerprint density at radius 1 is 1.38 bits per heavy atom. The van der Waals surface area contributed by atoms with Gasteiger partial charge in [0, 0.05) is 15.6 Å². The molecule has 1 N–H and O–H groups in total. The van der Waals surface area contributed by atoms with Gasteiger partial charge in [-0.15, -0.1) is 11.3 Å². The van der Waals surface area contributed by atoms with Gasteiger partial charge in [-0.05, 0) is 48.4 Å². The highest BCUT2D eigenvalue weighted by Gasteiger charge is 2.38. The summed E-state index contributed by atoms with van der Waals surface area (Å²) in [4.78, 5) is 14.5. The minimum absolute atomic E-state index is 0.0145. The summed E-state index contributed by atoms with van der Waals surface area (Å²) in [6.07, 6.45) is 2.30. The maximum absolute atomic E-state index is 11.3. The van der Waals surface area contributed by atoms with Crippen molar-refractivity contribution in [1.82, 2.24) is 0 Å². The number of carbonyl (C=O) groups is 1. The molecule has 1 aromatic heterocycles. The number of halogens is 1. The van der Waals surface area contributed by atoms with Gasteiger partial charge in [0.2, 0.25) is 0 Å². The van der Waals surface area contributed by atoms with Gasteiger partial charge < -0.3 is 10.0 Å². The number of hydrogen-bond donors (Lipinski definition) is 1. The van der Waals surface area contributed by atoms with Gasteiger partial charge in [-0.2, -0.15) is 0 Å². The van der Waals surface area contributed by atoms with Gasteiger partial charge in [0.1, 0.15) is 6.54 Å². The molecular formula is C16H16ClNO2S. The minimum atomic E-state index is -0.822. The first-order chi connectivity index (χ1) is 10.1. The summed E-state index contributed by atoms with van der Waals surface area (Å²) < 4.78 is 0. The van der Waals surface area contributed by atoms with Crippen molar-refractivity contribution < 1.29 is 9.90 Å². The molecule has 1 unspecified atom stereocenters. The van der Waals surface area contributed by atoms with Gasteiger partial charge in [0.05, 0.1) is 6.04 Å². The molecule has 0 bridgehead atoms. The maximum atomic E-state index is 11.3. The van der Waals surface area contributed by atoms with E-state index in [1.807, 2.05) is 34.5 Å². The van der Waals surface area contributed by atoms with Crippen molar-refractivity contribution in [2.75, 3.05) is 11.4 Å². The van der Waals surface area contributed by atoms with Crippen LogP contribution in [0, 0.1) is 5.92 Å². The van der Waals surface area contributed by atoms with Crippen LogP contribution in [0.4, 0.5) is 5.69 Å². The van der Waals surface area contributed by atoms with Crippen molar-refractivity contribution in [2.45, 2.75) is 18.9 Å². The van der Waals surface area contributed by atoms with E-state index in [1.165, 1.54) is 4.88 Å². The van der Waals surface area contributed by atoms with Crippen molar-refractivity contribution in [1.29, 1.82) is 0 Å². The van der Waals surface area contributed by atoms with Crippen LogP contribution in [0.5, 0.6) is 0 Å². The van der Waals surface area contributed by atoms with Crippen LogP contribution >= 0.6 is 22.9 Å². The van der Waals surface area contributed by atoms with Gasteiger partial charge in [-0.1, -0.05) is 23.7 Å². The van der Waals surface area contributed by atoms with Crippen molar-refractivity contribution in [3.05, 3.63) is 51.7 Å². The van der Waals surface area contributed by atoms with E-state index in [1.54, 1.807) is 17.4 Å². The van der Waals surface area contributed by atoms with E-state index in [2.05, 4.69) is 6.07 Å². The van der Waals surface area contributed by atoms with Crippen LogP contribution in [0.1, 0.15) is 23.8 Å². The zero-order chi connectivity index (χ0) is 14.8. The average molecular weight is 322 g/mol. The Morgan fingerprint density at radius 2 is 2.19 bits per heavy atom. The van der Waals surface area contributed by atoms with E-state index in [-0.39, 0.29) is 12.6 Å². The van der Waals surface area contributed by atoms with Gasteiger partial charge in [0.15, 0.2) is 0 Å². The fourth-order valence-electron chi connectivity index (χ4n) is 2.66. The van der Waals surface area contributed by atoms with Crippen molar-refractivity contribution >= 4 is 34.6 Å². The number of anilines is 1. The molecule has 0 radical (unpaired) electrons. The molecule has 0 saturated heterocycles. The minimum Gasteiger partial charge on any atom is -0.480 e. The largest absolute Gasteiger partial charge is 0.480 e. The highest BCUT2D eigenvalue weighted by Crippen LogP contribution is 2.47. The van der Waals surface area contributed by atoms with Crippen molar-refractivity contribution in [3.8, 4) is 0 Å². The average Bonchev–Trinajstić information content (AvgIpc) is 3.12. The molecule has 1 heterocycles. The SMILES string of the molecule is O=C(O)CN(c1cccc(Cl)c1)C(c1cccs1)C1CC1. The lowest BCUT2D eigenvalue weighted by Crippen LogP contribution is -2.34. The second-order valence-electron chi connectivity index (χ2n) is 5.30. The molecule has 21 heavy (non-hydrogen) atoms. The third-order valence-corrected chi connectivity index (χ3v) is 4.86. The highest BCUT2D eigenvalue weighted by atomic mass is 35.5. The van der Waals surface area contributed by atoms with Gasteiger partial charge >= 0.3 is 5.97 Å². The third-order valence-electron chi connectivity index (χ3n) is 3.68. The molecule has 2 aromatic rings. The van der Waals surface area contributed by atoms with Crippen molar-refractivity contribution in [2.24, 2.45) is 5.92 Å². The van der Waals surface area contributed by atoms with E-state index in [0.29, 0.717) is 10.9 Å². The van der Waals surface area contributed by atoms with Gasteiger partial charge in [0.25, 0.3) is 0 Å². The normalized spacial score (nSPS) is 15.7. The third kappa shape index (κ3) is 3.39. The standard InChI is InChI=1S/C16H16ClNO2S/c17-12-3-1-4-13(9-12)18(10-15(19)20)16(11-6-7-11)14-5-2-8-21-14/h1-5,8-9,11,16H,6-7,10H2,(H,19,20). The lowest BCUT2D eigenvalue weighted by molar-refractivity contribution is -0.135. The quantitative estimate of drug-likeness (QED) is 0.854. The van der Waals surface area contributed by atoms with E-state index in [4.69, 9.17) is 11.6 Å². The molecule has 110 valence electrons. The number of carboxylic acids is 1. The van der Waals surface area contributed by atoms with Gasteiger partial charge in [-0.3, -0.25) is 4.79 Å². The summed E-state index contributed by atoms with van der Waals surface area (Å²) in [6.45, 7) is -0.0145. The Kier molecular flexibility index (Phi) is 4.17. The summed E-state index contributed by atoms with van der Waals surface area (Å²) in [6, 6.07) is 11.7. The Labute approximate surface area is 132 Å². The van der Waals surface area contributed by atoms with Crippen LogP contribution in [-0.2, 0) is 4.79 Å². The summed E-state index contributed by atoms with van der Waals surface area (Å²) in [5, 5.41) is 12.0. The number of thiophene rings is 1. The molecule has 1 fully saturated rings. The molecule has 3 nitrogen and oxygen atoms in total. The van der Waals surface area contributed by atoms with E-state index in [0.717, 1.165) is 18.5 Å². The fourth-order valence-corrected chi connectivity index (χ4v) is 3.78. The monoisotopic (exact) mass is 321 g/mol. The predicted molar refractivity (Wildman–Crippen MR) is 86.2 cm³/mol. The fraction of sp³-hybridized carbons (Fsp3) is 0.312. The van der Waals surface area contributed by atoms with Crippen LogP contribution < -0.4 is 4.90 Å². The summed E-state index contributed by atoms with van der Waals surface area (Å²) in [5.41, 5.74) is 0.871. The van der Waals surface area contributed by atoms with Crippen molar-refractivity contribution in [3.63, 3.8) is 0 Å². The number of hydrogen-bond acceptors (Lipinski definition) is 3. The molecule has 1 saturated carbocycles. The molecule has 0 spiro atoms. The first kappa shape index (κ1) is 14.4. The van der Waals surface area contributed by atoms with Crippen LogP contribution in [0.15, 0.2) is 41.8 Å². The molecule has 0 amide bonds. The Balaban J connectivity index is 1.99. The van der Waals surface area contributed by atoms with E-state index in [9.17, 15) is 9.90 Å². The number of carboxylic acid groups (broad SMARTS) is 1. The predicted octanol–water partition coefficient (Wildman–Crippen LogP) is 4.44. The molecule has 5 heteroatoms. The molecule has 0 aliphatic heterocycles. The summed E-state index contributed by atoms with van der Waals surface area (Å²) in [5.74, 6) is -0.292. The number of aliphatic carboxylic acids is 1. The lowest BCUT2D eigenvalue weighted by Gasteiger charge is -2.32. The lowest BCUT2D eigenvalue weighted by atomic mass is 10.1. The molecule has 1 aliphatic carbocycles. The molecule has 1 aromatic carbocycles. The van der Waals surface area contributed by atoms with Gasteiger partial charge in [-0.25, -0.2) is 0 Å². The van der Waals surface area contributed by atoms with Crippen LogP contribution in [0.25, 0.3) is 0 Å². The smallest absolute Gasteiger partial charge is 0.323 e. The number of rotatable bonds is 6. The highest BCUT2D eigenvalue weighted by molar-refractivity contribution is 7.10.